The van der Waals surface area contributed by atoms with Crippen molar-refractivity contribution in [1.82, 2.24) is 15.5 Å². The molecule has 7 heteroatoms. The van der Waals surface area contributed by atoms with E-state index in [9.17, 15) is 4.39 Å². The third-order valence-corrected chi connectivity index (χ3v) is 4.14. The van der Waals surface area contributed by atoms with Crippen LogP contribution in [0.5, 0.6) is 0 Å². The Morgan fingerprint density at radius 1 is 1.32 bits per heavy atom. The van der Waals surface area contributed by atoms with Crippen molar-refractivity contribution in [3.05, 3.63) is 41.8 Å². The second kappa shape index (κ2) is 10.5. The van der Waals surface area contributed by atoms with Crippen LogP contribution in [0.3, 0.4) is 0 Å². The van der Waals surface area contributed by atoms with Crippen LogP contribution in [-0.2, 0) is 16.0 Å². The standard InChI is InChI=1S/C18H24FN3O2.ClH/c19-16-6-4-14(5-7-16)18-15(12-21-22-18)11-20-8-2-9-23-13-17-3-1-10-24-17;/h4-7,12,17,20H,1-3,8-11,13H2,(H,21,22);1H. The maximum atomic E-state index is 13.0. The van der Waals surface area contributed by atoms with Crippen LogP contribution < -0.4 is 5.32 Å². The van der Waals surface area contributed by atoms with Gasteiger partial charge in [-0.25, -0.2) is 4.39 Å². The average Bonchev–Trinajstić information content (AvgIpc) is 3.26. The molecule has 1 fully saturated rings. The third-order valence-electron chi connectivity index (χ3n) is 4.14. The lowest BCUT2D eigenvalue weighted by Gasteiger charge is -2.10. The van der Waals surface area contributed by atoms with Gasteiger partial charge >= 0.3 is 0 Å². The molecular formula is C18H25ClFN3O2. The normalized spacial score (nSPS) is 16.8. The summed E-state index contributed by atoms with van der Waals surface area (Å²) in [6, 6.07) is 6.42. The summed E-state index contributed by atoms with van der Waals surface area (Å²) in [6.07, 6.45) is 5.32. The Morgan fingerprint density at radius 3 is 2.92 bits per heavy atom. The summed E-state index contributed by atoms with van der Waals surface area (Å²) >= 11 is 0. The molecule has 0 amide bonds. The van der Waals surface area contributed by atoms with Gasteiger partial charge in [0.05, 0.1) is 24.6 Å². The minimum atomic E-state index is -0.235. The van der Waals surface area contributed by atoms with E-state index >= 15 is 0 Å². The molecule has 5 nitrogen and oxygen atoms in total. The lowest BCUT2D eigenvalue weighted by Crippen LogP contribution is -2.19. The topological polar surface area (TPSA) is 59.2 Å². The van der Waals surface area contributed by atoms with Gasteiger partial charge in [-0.1, -0.05) is 0 Å². The maximum absolute atomic E-state index is 13.0. The van der Waals surface area contributed by atoms with E-state index in [-0.39, 0.29) is 18.2 Å². The lowest BCUT2D eigenvalue weighted by molar-refractivity contribution is 0.0166. The first-order valence-corrected chi connectivity index (χ1v) is 8.51. The van der Waals surface area contributed by atoms with Crippen LogP contribution in [0.15, 0.2) is 30.5 Å². The van der Waals surface area contributed by atoms with Crippen molar-refractivity contribution < 1.29 is 13.9 Å². The molecule has 2 heterocycles. The van der Waals surface area contributed by atoms with Crippen molar-refractivity contribution in [2.45, 2.75) is 31.9 Å². The molecule has 3 rings (SSSR count). The summed E-state index contributed by atoms with van der Waals surface area (Å²) in [4.78, 5) is 0. The minimum Gasteiger partial charge on any atom is -0.379 e. The summed E-state index contributed by atoms with van der Waals surface area (Å²) in [5.41, 5.74) is 2.93. The summed E-state index contributed by atoms with van der Waals surface area (Å²) < 4.78 is 24.2. The molecule has 0 spiro atoms. The van der Waals surface area contributed by atoms with Crippen LogP contribution in [0.25, 0.3) is 11.3 Å². The number of ether oxygens (including phenoxy) is 2. The van der Waals surface area contributed by atoms with Gasteiger partial charge in [-0.15, -0.1) is 12.4 Å². The first-order valence-electron chi connectivity index (χ1n) is 8.51. The first-order chi connectivity index (χ1) is 11.8. The van der Waals surface area contributed by atoms with E-state index in [1.54, 1.807) is 18.3 Å². The second-order valence-electron chi connectivity index (χ2n) is 6.02. The number of aromatic amines is 1. The third kappa shape index (κ3) is 6.08. The molecule has 1 aliphatic rings. The number of nitrogens with one attached hydrogen (secondary N) is 2. The van der Waals surface area contributed by atoms with Gasteiger partial charge in [0.2, 0.25) is 0 Å². The van der Waals surface area contributed by atoms with Crippen LogP contribution in [-0.4, -0.2) is 42.7 Å². The average molecular weight is 370 g/mol. The van der Waals surface area contributed by atoms with Gasteiger partial charge < -0.3 is 14.8 Å². The molecule has 0 radical (unpaired) electrons. The van der Waals surface area contributed by atoms with Crippen LogP contribution >= 0.6 is 12.4 Å². The van der Waals surface area contributed by atoms with Crippen LogP contribution in [0.1, 0.15) is 24.8 Å². The molecule has 0 aliphatic carbocycles. The fraction of sp³-hybridized carbons (Fsp3) is 0.500. The van der Waals surface area contributed by atoms with E-state index < -0.39 is 0 Å². The Labute approximate surface area is 153 Å². The first kappa shape index (κ1) is 19.8. The van der Waals surface area contributed by atoms with E-state index in [0.29, 0.717) is 12.7 Å². The molecule has 2 aromatic rings. The van der Waals surface area contributed by atoms with E-state index in [0.717, 1.165) is 62.4 Å². The Kier molecular flexibility index (Phi) is 8.34. The zero-order valence-corrected chi connectivity index (χ0v) is 15.0. The SMILES string of the molecule is Cl.Fc1ccc(-c2[nH]ncc2CNCCCOCC2CCCO2)cc1. The Balaban J connectivity index is 0.00000225. The van der Waals surface area contributed by atoms with Crippen LogP contribution in [0, 0.1) is 5.82 Å². The highest BCUT2D eigenvalue weighted by Crippen LogP contribution is 2.21. The highest BCUT2D eigenvalue weighted by atomic mass is 35.5. The molecule has 1 aromatic heterocycles. The molecule has 1 unspecified atom stereocenters. The number of H-pyrrole nitrogens is 1. The predicted molar refractivity (Wildman–Crippen MR) is 97.3 cm³/mol. The van der Waals surface area contributed by atoms with E-state index in [1.807, 2.05) is 0 Å². The van der Waals surface area contributed by atoms with Crippen molar-refractivity contribution in [1.29, 1.82) is 0 Å². The van der Waals surface area contributed by atoms with E-state index in [4.69, 9.17) is 9.47 Å². The van der Waals surface area contributed by atoms with Gasteiger partial charge in [0, 0.05) is 30.9 Å². The van der Waals surface area contributed by atoms with Crippen LogP contribution in [0.4, 0.5) is 4.39 Å². The highest BCUT2D eigenvalue weighted by Gasteiger charge is 2.14. The number of benzene rings is 1. The van der Waals surface area contributed by atoms with Crippen LogP contribution in [0.2, 0.25) is 0 Å². The molecule has 1 saturated heterocycles. The summed E-state index contributed by atoms with van der Waals surface area (Å²) in [7, 11) is 0. The Hall–Kier alpha value is -1.47. The molecule has 1 atom stereocenters. The van der Waals surface area contributed by atoms with Crippen molar-refractivity contribution in [3.63, 3.8) is 0 Å². The zero-order chi connectivity index (χ0) is 16.6. The summed E-state index contributed by atoms with van der Waals surface area (Å²) in [5, 5.41) is 10.5. The number of aromatic nitrogens is 2. The Bertz CT molecular complexity index is 615. The van der Waals surface area contributed by atoms with Gasteiger partial charge in [0.15, 0.2) is 0 Å². The van der Waals surface area contributed by atoms with Gasteiger partial charge in [0.1, 0.15) is 5.82 Å². The predicted octanol–water partition coefficient (Wildman–Crippen LogP) is 3.31. The number of rotatable bonds is 9. The molecular weight excluding hydrogens is 345 g/mol. The molecule has 2 N–H and O–H groups in total. The second-order valence-corrected chi connectivity index (χ2v) is 6.02. The molecule has 25 heavy (non-hydrogen) atoms. The van der Waals surface area contributed by atoms with Crippen molar-refractivity contribution in [2.24, 2.45) is 0 Å². The van der Waals surface area contributed by atoms with Crippen molar-refractivity contribution in [2.75, 3.05) is 26.4 Å². The van der Waals surface area contributed by atoms with Gasteiger partial charge in [-0.2, -0.15) is 5.10 Å². The van der Waals surface area contributed by atoms with Gasteiger partial charge in [-0.05, 0) is 50.1 Å². The van der Waals surface area contributed by atoms with E-state index in [2.05, 4.69) is 15.5 Å². The maximum Gasteiger partial charge on any atom is 0.123 e. The van der Waals surface area contributed by atoms with Gasteiger partial charge in [-0.3, -0.25) is 5.10 Å². The number of halogens is 2. The lowest BCUT2D eigenvalue weighted by atomic mass is 10.1. The minimum absolute atomic E-state index is 0. The van der Waals surface area contributed by atoms with Crippen molar-refractivity contribution >= 4 is 12.4 Å². The fourth-order valence-corrected chi connectivity index (χ4v) is 2.82. The van der Waals surface area contributed by atoms with Crippen molar-refractivity contribution in [3.8, 4) is 11.3 Å². The summed E-state index contributed by atoms with van der Waals surface area (Å²) in [6.45, 7) is 3.91. The Morgan fingerprint density at radius 2 is 2.16 bits per heavy atom. The summed E-state index contributed by atoms with van der Waals surface area (Å²) in [5.74, 6) is -0.235. The monoisotopic (exact) mass is 369 g/mol. The molecule has 138 valence electrons. The largest absolute Gasteiger partial charge is 0.379 e. The quantitative estimate of drug-likeness (QED) is 0.666. The highest BCUT2D eigenvalue weighted by molar-refractivity contribution is 5.85. The molecule has 0 saturated carbocycles. The van der Waals surface area contributed by atoms with Gasteiger partial charge in [0.25, 0.3) is 0 Å². The molecule has 0 bridgehead atoms. The zero-order valence-electron chi connectivity index (χ0n) is 14.2. The smallest absolute Gasteiger partial charge is 0.123 e. The fourth-order valence-electron chi connectivity index (χ4n) is 2.82. The molecule has 1 aliphatic heterocycles. The van der Waals surface area contributed by atoms with E-state index in [1.165, 1.54) is 12.1 Å². The number of hydrogen-bond donors (Lipinski definition) is 2. The number of hydrogen-bond acceptors (Lipinski definition) is 4. The molecule has 1 aromatic carbocycles. The number of nitrogens with zero attached hydrogens (tertiary/aromatic N) is 1.